The van der Waals surface area contributed by atoms with Crippen LogP contribution >= 0.6 is 0 Å². The zero-order valence-electron chi connectivity index (χ0n) is 17.9. The number of rotatable bonds is 7. The fraction of sp³-hybridized carbons (Fsp3) is 0.154. The molecule has 2 N–H and O–H groups in total. The van der Waals surface area contributed by atoms with E-state index in [-0.39, 0.29) is 0 Å². The van der Waals surface area contributed by atoms with Gasteiger partial charge in [-0.15, -0.1) is 0 Å². The summed E-state index contributed by atoms with van der Waals surface area (Å²) in [7, 11) is 0. The molecule has 1 aliphatic rings. The summed E-state index contributed by atoms with van der Waals surface area (Å²) in [6, 6.07) is 19.9. The molecule has 0 bridgehead atoms. The van der Waals surface area contributed by atoms with Crippen molar-refractivity contribution in [1.29, 1.82) is 0 Å². The zero-order chi connectivity index (χ0) is 23.1. The predicted molar refractivity (Wildman–Crippen MR) is 126 cm³/mol. The summed E-state index contributed by atoms with van der Waals surface area (Å²) in [6.45, 7) is 3.00. The summed E-state index contributed by atoms with van der Waals surface area (Å²) in [4.78, 5) is 34.1. The van der Waals surface area contributed by atoms with E-state index in [1.165, 1.54) is 0 Å². The number of carboxylic acid groups (broad SMARTS) is 2. The van der Waals surface area contributed by atoms with Crippen LogP contribution in [0.15, 0.2) is 60.7 Å². The Morgan fingerprint density at radius 1 is 0.818 bits per heavy atom. The third kappa shape index (κ3) is 3.29. The van der Waals surface area contributed by atoms with Crippen molar-refractivity contribution in [3.8, 4) is 22.5 Å². The van der Waals surface area contributed by atoms with Gasteiger partial charge in [0, 0.05) is 39.8 Å². The standard InChI is InChI=1S/C26H21N3O4/c1-2-3-14-29(15-8-5-4-6-9-15)19-13-12-18-20-16(19)10-7-11-17(20)21-22(18)28-24(26(32)33)23(27-21)25(30)31/h4-13H,2-3,14H2,1H3,(H,30,31)(H,32,33). The Balaban J connectivity index is 1.75. The molecule has 1 heterocycles. The van der Waals surface area contributed by atoms with Gasteiger partial charge in [0.15, 0.2) is 11.4 Å². The van der Waals surface area contributed by atoms with Crippen LogP contribution in [0.25, 0.3) is 33.3 Å². The highest BCUT2D eigenvalue weighted by Gasteiger charge is 2.31. The van der Waals surface area contributed by atoms with Gasteiger partial charge in [-0.25, -0.2) is 19.6 Å². The number of hydrogen-bond donors (Lipinski definition) is 2. The zero-order valence-corrected chi connectivity index (χ0v) is 17.9. The Hall–Kier alpha value is -4.26. The van der Waals surface area contributed by atoms with E-state index in [2.05, 4.69) is 33.9 Å². The molecule has 0 atom stereocenters. The fourth-order valence-corrected chi connectivity index (χ4v) is 4.44. The van der Waals surface area contributed by atoms with Crippen LogP contribution in [0.4, 0.5) is 11.4 Å². The fourth-order valence-electron chi connectivity index (χ4n) is 4.44. The van der Waals surface area contributed by atoms with Crippen molar-refractivity contribution < 1.29 is 19.8 Å². The van der Waals surface area contributed by atoms with Crippen LogP contribution in [-0.2, 0) is 0 Å². The first kappa shape index (κ1) is 20.6. The number of benzene rings is 3. The Labute approximate surface area is 190 Å². The molecule has 7 heteroatoms. The SMILES string of the molecule is CCCCN(c1ccccc1)c1ccc2c3c(cccc13)-c1nc(C(=O)O)c(C(=O)O)nc1-2. The van der Waals surface area contributed by atoms with E-state index in [0.29, 0.717) is 11.4 Å². The first-order chi connectivity index (χ1) is 16.0. The van der Waals surface area contributed by atoms with Crippen LogP contribution in [0.3, 0.4) is 0 Å². The molecule has 0 amide bonds. The van der Waals surface area contributed by atoms with Gasteiger partial charge in [-0.05, 0) is 30.7 Å². The molecule has 1 aliphatic carbocycles. The summed E-state index contributed by atoms with van der Waals surface area (Å²) in [6.07, 6.45) is 2.07. The monoisotopic (exact) mass is 439 g/mol. The molecule has 164 valence electrons. The average Bonchev–Trinajstić information content (AvgIpc) is 3.14. The van der Waals surface area contributed by atoms with Crippen LogP contribution in [0, 0.1) is 0 Å². The second kappa shape index (κ2) is 8.02. The van der Waals surface area contributed by atoms with Crippen molar-refractivity contribution in [2.75, 3.05) is 11.4 Å². The number of anilines is 2. The molecule has 0 radical (unpaired) electrons. The van der Waals surface area contributed by atoms with E-state index >= 15 is 0 Å². The van der Waals surface area contributed by atoms with E-state index in [1.54, 1.807) is 0 Å². The molecule has 0 saturated heterocycles. The van der Waals surface area contributed by atoms with Crippen molar-refractivity contribution in [1.82, 2.24) is 9.97 Å². The molecule has 7 nitrogen and oxygen atoms in total. The van der Waals surface area contributed by atoms with Crippen molar-refractivity contribution in [3.05, 3.63) is 72.1 Å². The van der Waals surface area contributed by atoms with Crippen molar-refractivity contribution in [3.63, 3.8) is 0 Å². The summed E-state index contributed by atoms with van der Waals surface area (Å²) < 4.78 is 0. The molecule has 0 aliphatic heterocycles. The number of nitrogens with zero attached hydrogens (tertiary/aromatic N) is 3. The maximum absolute atomic E-state index is 11.7. The number of carboxylic acids is 2. The summed E-state index contributed by atoms with van der Waals surface area (Å²) in [5.74, 6) is -2.83. The number of para-hydroxylation sites is 1. The van der Waals surface area contributed by atoms with E-state index < -0.39 is 23.3 Å². The van der Waals surface area contributed by atoms with Gasteiger partial charge in [0.1, 0.15) is 0 Å². The number of aromatic carboxylic acids is 2. The second-order valence-corrected chi connectivity index (χ2v) is 7.93. The van der Waals surface area contributed by atoms with Gasteiger partial charge in [-0.2, -0.15) is 0 Å². The van der Waals surface area contributed by atoms with Gasteiger partial charge in [0.05, 0.1) is 11.4 Å². The third-order valence-electron chi connectivity index (χ3n) is 5.92. The van der Waals surface area contributed by atoms with Crippen LogP contribution in [0.5, 0.6) is 0 Å². The first-order valence-corrected chi connectivity index (χ1v) is 10.8. The number of carbonyl (C=O) groups is 2. The van der Waals surface area contributed by atoms with E-state index in [0.717, 1.165) is 52.7 Å². The molecule has 5 rings (SSSR count). The maximum atomic E-state index is 11.7. The van der Waals surface area contributed by atoms with Gasteiger partial charge in [0.2, 0.25) is 0 Å². The molecule has 0 saturated carbocycles. The lowest BCUT2D eigenvalue weighted by atomic mass is 10.0. The van der Waals surface area contributed by atoms with Gasteiger partial charge < -0.3 is 15.1 Å². The van der Waals surface area contributed by atoms with Crippen molar-refractivity contribution >= 4 is 34.1 Å². The molecule has 1 aromatic heterocycles. The lowest BCUT2D eigenvalue weighted by Gasteiger charge is -2.27. The third-order valence-corrected chi connectivity index (χ3v) is 5.92. The average molecular weight is 439 g/mol. The lowest BCUT2D eigenvalue weighted by molar-refractivity contribution is 0.0641. The maximum Gasteiger partial charge on any atom is 0.357 e. The predicted octanol–water partition coefficient (Wildman–Crippen LogP) is 5.61. The smallest absolute Gasteiger partial charge is 0.357 e. The Kier molecular flexibility index (Phi) is 5.01. The molecule has 0 spiro atoms. The topological polar surface area (TPSA) is 104 Å². The minimum absolute atomic E-state index is 0.398. The molecule has 4 aromatic rings. The van der Waals surface area contributed by atoms with Crippen molar-refractivity contribution in [2.45, 2.75) is 19.8 Å². The van der Waals surface area contributed by atoms with Crippen LogP contribution in [-0.4, -0.2) is 38.7 Å². The van der Waals surface area contributed by atoms with Gasteiger partial charge in [0.25, 0.3) is 0 Å². The number of aromatic nitrogens is 2. The highest BCUT2D eigenvalue weighted by Crippen LogP contribution is 2.48. The Bertz CT molecular complexity index is 1370. The summed E-state index contributed by atoms with van der Waals surface area (Å²) in [5, 5.41) is 20.9. The molecule has 33 heavy (non-hydrogen) atoms. The van der Waals surface area contributed by atoms with Crippen LogP contribution < -0.4 is 4.90 Å². The minimum atomic E-state index is -1.42. The van der Waals surface area contributed by atoms with Gasteiger partial charge in [-0.1, -0.05) is 49.7 Å². The van der Waals surface area contributed by atoms with E-state index in [9.17, 15) is 19.8 Å². The second-order valence-electron chi connectivity index (χ2n) is 7.93. The Morgan fingerprint density at radius 3 is 2.06 bits per heavy atom. The highest BCUT2D eigenvalue weighted by atomic mass is 16.4. The molecule has 0 unspecified atom stereocenters. The molecular formula is C26H21N3O4. The van der Waals surface area contributed by atoms with Gasteiger partial charge in [-0.3, -0.25) is 0 Å². The minimum Gasteiger partial charge on any atom is -0.476 e. The highest BCUT2D eigenvalue weighted by molar-refractivity contribution is 6.18. The largest absolute Gasteiger partial charge is 0.476 e. The van der Waals surface area contributed by atoms with E-state index in [4.69, 9.17) is 0 Å². The van der Waals surface area contributed by atoms with Crippen LogP contribution in [0.2, 0.25) is 0 Å². The molecular weight excluding hydrogens is 418 g/mol. The number of hydrogen-bond acceptors (Lipinski definition) is 5. The summed E-state index contributed by atoms with van der Waals surface area (Å²) in [5.41, 5.74) is 3.31. The van der Waals surface area contributed by atoms with E-state index in [1.807, 2.05) is 48.5 Å². The number of fused-ring (bicyclic) bond motifs is 3. The molecule has 3 aromatic carbocycles. The number of unbranched alkanes of at least 4 members (excludes halogenated alkanes) is 1. The Morgan fingerprint density at radius 2 is 1.45 bits per heavy atom. The van der Waals surface area contributed by atoms with Crippen LogP contribution in [0.1, 0.15) is 40.7 Å². The first-order valence-electron chi connectivity index (χ1n) is 10.8. The molecule has 0 fully saturated rings. The lowest BCUT2D eigenvalue weighted by Crippen LogP contribution is -2.18. The quantitative estimate of drug-likeness (QED) is 0.340. The normalized spacial score (nSPS) is 11.4. The summed E-state index contributed by atoms with van der Waals surface area (Å²) >= 11 is 0. The van der Waals surface area contributed by atoms with Gasteiger partial charge >= 0.3 is 11.9 Å². The van der Waals surface area contributed by atoms with Crippen molar-refractivity contribution in [2.24, 2.45) is 0 Å².